The molecule has 0 aliphatic rings. The predicted molar refractivity (Wildman–Crippen MR) is 71.2 cm³/mol. The van der Waals surface area contributed by atoms with E-state index in [1.807, 2.05) is 39.0 Å². The molecule has 0 aromatic heterocycles. The lowest BCUT2D eigenvalue weighted by molar-refractivity contribution is 0.412. The van der Waals surface area contributed by atoms with Crippen molar-refractivity contribution in [1.82, 2.24) is 5.43 Å². The predicted octanol–water partition coefficient (Wildman–Crippen LogP) is 1.64. The number of hydrazine groups is 1. The van der Waals surface area contributed by atoms with E-state index in [4.69, 9.17) is 10.6 Å². The maximum absolute atomic E-state index is 5.40. The Balaban J connectivity index is 2.84. The minimum Gasteiger partial charge on any atom is -0.496 e. The molecule has 4 N–H and O–H groups in total. The molecule has 17 heavy (non-hydrogen) atoms. The fraction of sp³-hybridized carbons (Fsp3) is 0.417. The highest BCUT2D eigenvalue weighted by molar-refractivity contribution is 5.93. The lowest BCUT2D eigenvalue weighted by Gasteiger charge is -2.12. The minimum absolute atomic E-state index is 0.174. The molecule has 94 valence electrons. The second-order valence-corrected chi connectivity index (χ2v) is 4.03. The van der Waals surface area contributed by atoms with Crippen LogP contribution in [0.5, 0.6) is 5.75 Å². The number of aryl methyl sites for hydroxylation is 1. The number of anilines is 1. The van der Waals surface area contributed by atoms with E-state index in [2.05, 4.69) is 15.7 Å². The van der Waals surface area contributed by atoms with Gasteiger partial charge >= 0.3 is 0 Å². The van der Waals surface area contributed by atoms with E-state index in [0.717, 1.165) is 17.0 Å². The van der Waals surface area contributed by atoms with E-state index < -0.39 is 0 Å². The quantitative estimate of drug-likeness (QED) is 0.323. The molecule has 0 radical (unpaired) electrons. The third-order valence-corrected chi connectivity index (χ3v) is 2.18. The Morgan fingerprint density at radius 2 is 2.12 bits per heavy atom. The Bertz CT molecular complexity index is 401. The summed E-state index contributed by atoms with van der Waals surface area (Å²) in [6, 6.07) is 5.97. The first-order valence-corrected chi connectivity index (χ1v) is 5.53. The van der Waals surface area contributed by atoms with E-state index in [9.17, 15) is 0 Å². The maximum atomic E-state index is 5.40. The number of hydrogen-bond acceptors (Lipinski definition) is 3. The van der Waals surface area contributed by atoms with Gasteiger partial charge in [-0.15, -0.1) is 0 Å². The van der Waals surface area contributed by atoms with Gasteiger partial charge in [0.15, 0.2) is 0 Å². The van der Waals surface area contributed by atoms with Crippen molar-refractivity contribution in [2.24, 2.45) is 10.8 Å². The first kappa shape index (κ1) is 13.3. The average Bonchev–Trinajstić information content (AvgIpc) is 2.27. The molecule has 1 rings (SSSR count). The molecule has 0 spiro atoms. The molecule has 0 heterocycles. The highest BCUT2D eigenvalue weighted by Gasteiger charge is 2.02. The lowest BCUT2D eigenvalue weighted by Crippen LogP contribution is -2.36. The molecule has 0 aliphatic carbocycles. The topological polar surface area (TPSA) is 71.7 Å². The summed E-state index contributed by atoms with van der Waals surface area (Å²) in [5, 5.41) is 3.11. The Hall–Kier alpha value is -1.75. The smallest absolute Gasteiger partial charge is 0.210 e. The summed E-state index contributed by atoms with van der Waals surface area (Å²) in [5.41, 5.74) is 4.51. The van der Waals surface area contributed by atoms with Gasteiger partial charge in [0.25, 0.3) is 0 Å². The second-order valence-electron chi connectivity index (χ2n) is 4.03. The van der Waals surface area contributed by atoms with Crippen molar-refractivity contribution in [1.29, 1.82) is 0 Å². The number of aliphatic imine (C=N–C) groups is 1. The SMILES string of the molecule is COc1ccc(NC(=NC(C)C)NN)cc1C. The van der Waals surface area contributed by atoms with E-state index in [1.165, 1.54) is 0 Å². The number of nitrogens with one attached hydrogen (secondary N) is 2. The molecule has 0 amide bonds. The van der Waals surface area contributed by atoms with Gasteiger partial charge < -0.3 is 10.1 Å². The summed E-state index contributed by atoms with van der Waals surface area (Å²) in [5.74, 6) is 6.80. The third-order valence-electron chi connectivity index (χ3n) is 2.18. The van der Waals surface area contributed by atoms with Crippen LogP contribution in [0.3, 0.4) is 0 Å². The first-order valence-electron chi connectivity index (χ1n) is 5.53. The molecule has 1 aromatic carbocycles. The van der Waals surface area contributed by atoms with Gasteiger partial charge in [-0.3, -0.25) is 5.43 Å². The fourth-order valence-electron chi connectivity index (χ4n) is 1.46. The van der Waals surface area contributed by atoms with Gasteiger partial charge in [0.05, 0.1) is 7.11 Å². The number of methoxy groups -OCH3 is 1. The minimum atomic E-state index is 0.174. The standard InChI is InChI=1S/C12H20N4O/c1-8(2)14-12(16-13)15-10-5-6-11(17-4)9(3)7-10/h5-8H,13H2,1-4H3,(H2,14,15,16). The van der Waals surface area contributed by atoms with Gasteiger partial charge in [0.1, 0.15) is 5.75 Å². The number of rotatable bonds is 3. The largest absolute Gasteiger partial charge is 0.496 e. The third kappa shape index (κ3) is 3.96. The van der Waals surface area contributed by atoms with E-state index in [0.29, 0.717) is 5.96 Å². The normalized spacial score (nSPS) is 11.5. The fourth-order valence-corrected chi connectivity index (χ4v) is 1.46. The second kappa shape index (κ2) is 6.10. The summed E-state index contributed by atoms with van der Waals surface area (Å²) in [7, 11) is 1.66. The van der Waals surface area contributed by atoms with Crippen LogP contribution in [0.2, 0.25) is 0 Å². The number of nitrogens with two attached hydrogens (primary N) is 1. The monoisotopic (exact) mass is 236 g/mol. The van der Waals surface area contributed by atoms with E-state index in [1.54, 1.807) is 7.11 Å². The van der Waals surface area contributed by atoms with Crippen LogP contribution in [0.4, 0.5) is 5.69 Å². The maximum Gasteiger partial charge on any atom is 0.210 e. The van der Waals surface area contributed by atoms with Gasteiger partial charge in [-0.05, 0) is 44.5 Å². The van der Waals surface area contributed by atoms with Gasteiger partial charge in [-0.1, -0.05) is 0 Å². The summed E-state index contributed by atoms with van der Waals surface area (Å²) in [6.07, 6.45) is 0. The van der Waals surface area contributed by atoms with Crippen LogP contribution in [0.25, 0.3) is 0 Å². The van der Waals surface area contributed by atoms with E-state index >= 15 is 0 Å². The van der Waals surface area contributed by atoms with Crippen LogP contribution in [0.15, 0.2) is 23.2 Å². The molecule has 0 saturated carbocycles. The molecule has 0 aliphatic heterocycles. The van der Waals surface area contributed by atoms with Crippen LogP contribution >= 0.6 is 0 Å². The first-order chi connectivity index (χ1) is 8.06. The lowest BCUT2D eigenvalue weighted by atomic mass is 10.2. The molecule has 1 aromatic rings. The van der Waals surface area contributed by atoms with Crippen molar-refractivity contribution in [3.05, 3.63) is 23.8 Å². The molecule has 0 saturated heterocycles. The number of nitrogens with zero attached hydrogens (tertiary/aromatic N) is 1. The zero-order valence-corrected chi connectivity index (χ0v) is 10.7. The zero-order chi connectivity index (χ0) is 12.8. The van der Waals surface area contributed by atoms with Crippen molar-refractivity contribution in [2.75, 3.05) is 12.4 Å². The highest BCUT2D eigenvalue weighted by atomic mass is 16.5. The van der Waals surface area contributed by atoms with Gasteiger partial charge in [-0.2, -0.15) is 0 Å². The summed E-state index contributed by atoms with van der Waals surface area (Å²) < 4.78 is 5.20. The van der Waals surface area contributed by atoms with Crippen molar-refractivity contribution < 1.29 is 4.74 Å². The Kier molecular flexibility index (Phi) is 4.78. The zero-order valence-electron chi connectivity index (χ0n) is 10.7. The van der Waals surface area contributed by atoms with Crippen molar-refractivity contribution >= 4 is 11.6 Å². The van der Waals surface area contributed by atoms with Gasteiger partial charge in [0.2, 0.25) is 5.96 Å². The number of hydrogen-bond donors (Lipinski definition) is 3. The van der Waals surface area contributed by atoms with Crippen molar-refractivity contribution in [2.45, 2.75) is 26.8 Å². The van der Waals surface area contributed by atoms with Crippen LogP contribution < -0.4 is 21.3 Å². The van der Waals surface area contributed by atoms with Crippen molar-refractivity contribution in [3.63, 3.8) is 0 Å². The summed E-state index contributed by atoms with van der Waals surface area (Å²) >= 11 is 0. The molecule has 0 fully saturated rings. The molecule has 0 atom stereocenters. The van der Waals surface area contributed by atoms with Gasteiger partial charge in [0, 0.05) is 11.7 Å². The number of benzene rings is 1. The Labute approximate surface area is 102 Å². The van der Waals surface area contributed by atoms with Crippen LogP contribution in [0.1, 0.15) is 19.4 Å². The van der Waals surface area contributed by atoms with Crippen LogP contribution in [-0.2, 0) is 0 Å². The molecule has 5 nitrogen and oxygen atoms in total. The van der Waals surface area contributed by atoms with Gasteiger partial charge in [-0.25, -0.2) is 10.8 Å². The highest BCUT2D eigenvalue weighted by Crippen LogP contribution is 2.21. The summed E-state index contributed by atoms with van der Waals surface area (Å²) in [4.78, 5) is 4.30. The molecule has 5 heteroatoms. The number of ether oxygens (including phenoxy) is 1. The van der Waals surface area contributed by atoms with Crippen LogP contribution in [0, 0.1) is 6.92 Å². The Morgan fingerprint density at radius 1 is 1.41 bits per heavy atom. The average molecular weight is 236 g/mol. The molecular formula is C12H20N4O. The van der Waals surface area contributed by atoms with E-state index in [-0.39, 0.29) is 6.04 Å². The molecular weight excluding hydrogens is 216 g/mol. The van der Waals surface area contributed by atoms with Crippen molar-refractivity contribution in [3.8, 4) is 5.75 Å². The summed E-state index contributed by atoms with van der Waals surface area (Å²) in [6.45, 7) is 5.95. The number of guanidine groups is 1. The molecule has 0 bridgehead atoms. The Morgan fingerprint density at radius 3 is 2.59 bits per heavy atom. The molecule has 0 unspecified atom stereocenters. The van der Waals surface area contributed by atoms with Crippen LogP contribution in [-0.4, -0.2) is 19.1 Å².